The third kappa shape index (κ3) is 11.8. The average Bonchev–Trinajstić information content (AvgIpc) is 3.80. The second-order valence-electron chi connectivity index (χ2n) is 16.3. The van der Waals surface area contributed by atoms with Crippen molar-refractivity contribution >= 4 is 58.5 Å². The van der Waals surface area contributed by atoms with Crippen LogP contribution in [-0.2, 0) is 45.3 Å². The molecule has 3 aliphatic heterocycles. The van der Waals surface area contributed by atoms with Crippen LogP contribution in [-0.4, -0.2) is 120 Å². The number of aryl methyl sites for hydroxylation is 2. The highest BCUT2D eigenvalue weighted by Crippen LogP contribution is 2.39. The Morgan fingerprint density at radius 3 is 2.32 bits per heavy atom. The van der Waals surface area contributed by atoms with E-state index in [-0.39, 0.29) is 74.3 Å². The van der Waals surface area contributed by atoms with Crippen molar-refractivity contribution in [2.45, 2.75) is 90.0 Å². The normalized spacial score (nSPS) is 16.7. The van der Waals surface area contributed by atoms with E-state index in [1.807, 2.05) is 0 Å². The minimum atomic E-state index is -4.50. The Balaban J connectivity index is 1.25. The van der Waals surface area contributed by atoms with Gasteiger partial charge in [-0.15, -0.1) is 5.06 Å². The highest BCUT2D eigenvalue weighted by atomic mass is 32.2. The number of carbonyl (C=O) groups is 5. The first-order valence-corrected chi connectivity index (χ1v) is 21.6. The van der Waals surface area contributed by atoms with Crippen LogP contribution in [0.3, 0.4) is 0 Å². The van der Waals surface area contributed by atoms with Crippen LogP contribution in [0, 0.1) is 6.92 Å². The van der Waals surface area contributed by atoms with Gasteiger partial charge >= 0.3 is 12.9 Å². The predicted octanol–water partition coefficient (Wildman–Crippen LogP) is 3.67. The van der Waals surface area contributed by atoms with Crippen LogP contribution in [0.25, 0.3) is 6.08 Å². The Morgan fingerprint density at radius 1 is 0.966 bits per heavy atom. The van der Waals surface area contributed by atoms with Crippen LogP contribution < -0.4 is 10.6 Å². The van der Waals surface area contributed by atoms with Gasteiger partial charge in [0, 0.05) is 61.2 Å². The number of amides is 4. The summed E-state index contributed by atoms with van der Waals surface area (Å²) in [7, 11) is 1.92. The van der Waals surface area contributed by atoms with Gasteiger partial charge < -0.3 is 37.6 Å². The smallest absolute Gasteiger partial charge is 0.394 e. The molecule has 3 aliphatic rings. The Labute approximate surface area is 343 Å². The van der Waals surface area contributed by atoms with Crippen molar-refractivity contribution in [3.63, 3.8) is 0 Å². The third-order valence-electron chi connectivity index (χ3n) is 10.5. The molecule has 1 aromatic carbocycles. The number of halogens is 2. The lowest BCUT2D eigenvalue weighted by Crippen LogP contribution is -2.51. The van der Waals surface area contributed by atoms with Gasteiger partial charge in [0.2, 0.25) is 11.8 Å². The number of unbranched alkanes of at least 4 members (excludes halogenated alkanes) is 2. The Kier molecular flexibility index (Phi) is 14.5. The number of aromatic nitrogens is 1. The van der Waals surface area contributed by atoms with Gasteiger partial charge in [0.15, 0.2) is 11.4 Å². The minimum Gasteiger partial charge on any atom is -0.394 e. The van der Waals surface area contributed by atoms with Crippen molar-refractivity contribution in [3.05, 3.63) is 76.3 Å². The largest absolute Gasteiger partial charge is 0.737 e. The fourth-order valence-corrected chi connectivity index (χ4v) is 8.05. The van der Waals surface area contributed by atoms with E-state index in [0.29, 0.717) is 47.4 Å². The number of rotatable bonds is 21. The molecule has 0 radical (unpaired) electrons. The van der Waals surface area contributed by atoms with Crippen LogP contribution in [0.2, 0.25) is 0 Å². The van der Waals surface area contributed by atoms with Crippen molar-refractivity contribution in [2.24, 2.45) is 0 Å². The van der Waals surface area contributed by atoms with Crippen molar-refractivity contribution in [2.75, 3.05) is 40.0 Å². The summed E-state index contributed by atoms with van der Waals surface area (Å²) in [5.41, 5.74) is 2.63. The minimum absolute atomic E-state index is 0.00606. The van der Waals surface area contributed by atoms with Gasteiger partial charge in [-0.05, 0) is 87.7 Å². The average molecular weight is 844 g/mol. The van der Waals surface area contributed by atoms with Crippen LogP contribution in [0.4, 0.5) is 8.63 Å². The van der Waals surface area contributed by atoms with Crippen molar-refractivity contribution < 1.29 is 59.4 Å². The van der Waals surface area contributed by atoms with E-state index in [0.717, 1.165) is 26.4 Å². The van der Waals surface area contributed by atoms with Gasteiger partial charge in [0.1, 0.15) is 6.04 Å². The van der Waals surface area contributed by atoms with Gasteiger partial charge in [0.25, 0.3) is 21.9 Å². The van der Waals surface area contributed by atoms with Gasteiger partial charge in [0.05, 0.1) is 33.4 Å². The van der Waals surface area contributed by atoms with E-state index in [2.05, 4.69) is 31.8 Å². The summed E-state index contributed by atoms with van der Waals surface area (Å²) in [5.74, 6) is -3.28. The highest BCUT2D eigenvalue weighted by molar-refractivity contribution is 7.85. The molecule has 1 aromatic heterocycles. The number of carbonyl (C=O) groups excluding carboxylic acids is 5. The molecule has 1 fully saturated rings. The predicted molar refractivity (Wildman–Crippen MR) is 216 cm³/mol. The number of quaternary nitrogens is 1. The van der Waals surface area contributed by atoms with E-state index in [4.69, 9.17) is 4.84 Å². The molecular weight excluding hydrogens is 789 g/mol. The zero-order valence-electron chi connectivity index (χ0n) is 34.0. The molecule has 4 heterocycles. The van der Waals surface area contributed by atoms with Crippen LogP contribution in [0.1, 0.15) is 93.1 Å². The number of benzene rings is 1. The van der Waals surface area contributed by atoms with Gasteiger partial charge in [-0.3, -0.25) is 23.7 Å². The quantitative estimate of drug-likeness (QED) is 0.0555. The topological polar surface area (TPSA) is 184 Å². The first kappa shape index (κ1) is 45.1. The van der Waals surface area contributed by atoms with E-state index in [1.54, 1.807) is 55.5 Å². The number of imide groups is 1. The van der Waals surface area contributed by atoms with Crippen LogP contribution in [0.15, 0.2) is 53.7 Å². The summed E-state index contributed by atoms with van der Waals surface area (Å²) in [4.78, 5) is 67.2. The fourth-order valence-electron chi connectivity index (χ4n) is 7.54. The van der Waals surface area contributed by atoms with E-state index >= 15 is 8.63 Å². The lowest BCUT2D eigenvalue weighted by molar-refractivity contribution is -0.870. The number of hydrogen-bond acceptors (Lipinski definition) is 8. The molecule has 15 nitrogen and oxygen atoms in total. The lowest BCUT2D eigenvalue weighted by Gasteiger charge is -2.31. The molecule has 0 spiro atoms. The van der Waals surface area contributed by atoms with Crippen molar-refractivity contribution in [3.8, 4) is 0 Å². The lowest BCUT2D eigenvalue weighted by atomic mass is 9.88. The summed E-state index contributed by atoms with van der Waals surface area (Å²) in [5, 5.41) is 6.11. The monoisotopic (exact) mass is 843 g/mol. The summed E-state index contributed by atoms with van der Waals surface area (Å²) in [6.45, 7) is -1.75. The summed E-state index contributed by atoms with van der Waals surface area (Å²) in [6.07, 6.45) is 5.65. The Hall–Kier alpha value is -5.01. The first-order chi connectivity index (χ1) is 27.7. The Bertz CT molecular complexity index is 2150. The van der Waals surface area contributed by atoms with E-state index < -0.39 is 58.5 Å². The number of allylic oxidation sites excluding steroid dienone is 2. The highest BCUT2D eigenvalue weighted by Gasteiger charge is 2.54. The van der Waals surface area contributed by atoms with Crippen molar-refractivity contribution in [1.82, 2.24) is 20.2 Å². The molecule has 1 atom stereocenters. The zero-order valence-corrected chi connectivity index (χ0v) is 34.9. The molecule has 1 unspecified atom stereocenters. The van der Waals surface area contributed by atoms with Gasteiger partial charge in [-0.2, -0.15) is 8.42 Å². The third-order valence-corrected chi connectivity index (χ3v) is 11.3. The number of hydroxylamine groups is 2. The molecule has 5 rings (SSSR count). The van der Waals surface area contributed by atoms with Crippen LogP contribution in [0.5, 0.6) is 0 Å². The second kappa shape index (κ2) is 18.9. The fraction of sp³-hybridized carbons (Fsp3) is 0.500. The molecular formula is C40H54BF2N6O9S+. The molecule has 2 aromatic rings. The van der Waals surface area contributed by atoms with Gasteiger partial charge in [-0.25, -0.2) is 4.79 Å². The standard InChI is InChI=1S/C40H53BF2N6O9S/c1-28-25-31(46-33(28)27-35-30(15-12-24-59(55,56)57)26-34(47(35)41(46,42)43)29-13-6-5-7-14-29)18-19-36(50)45-32(16-9-11-23-49(2,3)4)40(54)44-22-10-8-17-39(53)58-48-37(51)20-21-38(48)52/h5-7,13-14,25-27,32H,8-12,15-24H2,1-4H3,(H2-,44,45,50,54,55,56,57)/p+1. The molecule has 0 bridgehead atoms. The SMILES string of the molecule is Cc1cc(CCC(=O)NC(CCCC[N+](C)(C)C)C(=O)NCCCCC(=O)ON2C(=O)CCC2=O)n2c1C=C1C(CCCS(=O)(=O)O)=CC(c3ccccc3)=[N+]1[B-]2(F)F. The van der Waals surface area contributed by atoms with E-state index in [9.17, 15) is 36.9 Å². The zero-order chi connectivity index (χ0) is 43.1. The molecule has 19 heteroatoms. The molecule has 3 N–H and O–H groups in total. The number of nitrogens with one attached hydrogen (secondary N) is 2. The summed E-state index contributed by atoms with van der Waals surface area (Å²) >= 11 is 0. The molecule has 0 aliphatic carbocycles. The van der Waals surface area contributed by atoms with E-state index in [1.165, 1.54) is 0 Å². The molecule has 1 saturated heterocycles. The number of nitrogens with zero attached hydrogens (tertiary/aromatic N) is 4. The first-order valence-electron chi connectivity index (χ1n) is 20.0. The number of hydrogen-bond donors (Lipinski definition) is 3. The van der Waals surface area contributed by atoms with Crippen LogP contribution >= 0.6 is 0 Å². The molecule has 320 valence electrons. The maximum Gasteiger partial charge on any atom is 0.737 e. The maximum atomic E-state index is 17.0. The van der Waals surface area contributed by atoms with Gasteiger partial charge in [-0.1, -0.05) is 18.2 Å². The second-order valence-corrected chi connectivity index (χ2v) is 17.9. The number of fused-ring (bicyclic) bond motifs is 2. The molecule has 0 saturated carbocycles. The van der Waals surface area contributed by atoms with Crippen molar-refractivity contribution in [1.29, 1.82) is 0 Å². The molecule has 4 amide bonds. The summed E-state index contributed by atoms with van der Waals surface area (Å²) < 4.78 is 68.8. The summed E-state index contributed by atoms with van der Waals surface area (Å²) in [6, 6.07) is 9.43. The Morgan fingerprint density at radius 2 is 1.66 bits per heavy atom. The maximum absolute atomic E-state index is 17.0. The molecule has 59 heavy (non-hydrogen) atoms.